The molecule has 0 saturated carbocycles. The predicted molar refractivity (Wildman–Crippen MR) is 83.7 cm³/mol. The molecule has 0 unspecified atom stereocenters. The number of hydrogen-bond acceptors (Lipinski definition) is 2. The number of rotatable bonds is 6. The molecule has 2 nitrogen and oxygen atoms in total. The van der Waals surface area contributed by atoms with Gasteiger partial charge in [-0.2, -0.15) is 0 Å². The third-order valence-electron chi connectivity index (χ3n) is 3.53. The van der Waals surface area contributed by atoms with Gasteiger partial charge >= 0.3 is 0 Å². The maximum Gasteiger partial charge on any atom is 0.131 e. The van der Waals surface area contributed by atoms with E-state index in [4.69, 9.17) is 0 Å². The first-order valence-electron chi connectivity index (χ1n) is 7.17. The lowest BCUT2D eigenvalue weighted by Crippen LogP contribution is -2.21. The van der Waals surface area contributed by atoms with E-state index < -0.39 is 11.6 Å². The minimum atomic E-state index is -0.526. The van der Waals surface area contributed by atoms with E-state index in [2.05, 4.69) is 24.1 Å². The van der Waals surface area contributed by atoms with Crippen LogP contribution in [-0.4, -0.2) is 13.1 Å². The van der Waals surface area contributed by atoms with E-state index in [-0.39, 0.29) is 12.1 Å². The van der Waals surface area contributed by atoms with Crippen molar-refractivity contribution in [3.05, 3.63) is 59.7 Å². The molecule has 2 rings (SSSR count). The molecule has 112 valence electrons. The molecule has 0 amide bonds. The number of nitrogens with one attached hydrogen (secondary N) is 1. The molecule has 0 atom stereocenters. The van der Waals surface area contributed by atoms with Gasteiger partial charge in [0.1, 0.15) is 11.6 Å². The van der Waals surface area contributed by atoms with Crippen molar-refractivity contribution in [1.82, 2.24) is 0 Å². The maximum absolute atomic E-state index is 13.5. The summed E-state index contributed by atoms with van der Waals surface area (Å²) in [6.45, 7) is 6.24. The number of benzene rings is 2. The van der Waals surface area contributed by atoms with Crippen molar-refractivity contribution in [2.45, 2.75) is 20.4 Å². The summed E-state index contributed by atoms with van der Waals surface area (Å²) < 4.78 is 27.1. The predicted octanol–water partition coefficient (Wildman–Crippen LogP) is 4.42. The average Bonchev–Trinajstić information content (AvgIpc) is 2.49. The van der Waals surface area contributed by atoms with Gasteiger partial charge in [-0.25, -0.2) is 8.78 Å². The fraction of sp³-hybridized carbons (Fsp3) is 0.294. The van der Waals surface area contributed by atoms with Crippen LogP contribution in [0.2, 0.25) is 0 Å². The maximum atomic E-state index is 13.5. The van der Waals surface area contributed by atoms with Gasteiger partial charge in [0, 0.05) is 36.6 Å². The lowest BCUT2D eigenvalue weighted by Gasteiger charge is -2.21. The highest BCUT2D eigenvalue weighted by atomic mass is 19.1. The average molecular weight is 290 g/mol. The summed E-state index contributed by atoms with van der Waals surface area (Å²) in [5.41, 5.74) is 2.04. The van der Waals surface area contributed by atoms with Crippen LogP contribution < -0.4 is 10.2 Å². The van der Waals surface area contributed by atoms with Crippen molar-refractivity contribution in [1.29, 1.82) is 0 Å². The first-order chi connectivity index (χ1) is 10.2. The van der Waals surface area contributed by atoms with Gasteiger partial charge in [-0.1, -0.05) is 6.07 Å². The second-order valence-electron chi connectivity index (χ2n) is 4.77. The van der Waals surface area contributed by atoms with Crippen LogP contribution in [0.3, 0.4) is 0 Å². The zero-order valence-electron chi connectivity index (χ0n) is 12.4. The molecule has 0 fully saturated rings. The third-order valence-corrected chi connectivity index (χ3v) is 3.53. The molecule has 21 heavy (non-hydrogen) atoms. The van der Waals surface area contributed by atoms with Crippen molar-refractivity contribution in [2.75, 3.05) is 23.3 Å². The fourth-order valence-electron chi connectivity index (χ4n) is 2.27. The minimum absolute atomic E-state index is 0.0605. The lowest BCUT2D eigenvalue weighted by atomic mass is 10.2. The highest BCUT2D eigenvalue weighted by molar-refractivity contribution is 5.55. The smallest absolute Gasteiger partial charge is 0.131 e. The van der Waals surface area contributed by atoms with Crippen LogP contribution in [0, 0.1) is 11.6 Å². The van der Waals surface area contributed by atoms with E-state index in [1.807, 2.05) is 24.3 Å². The number of nitrogens with zero attached hydrogens (tertiary/aromatic N) is 1. The van der Waals surface area contributed by atoms with Crippen molar-refractivity contribution < 1.29 is 8.78 Å². The van der Waals surface area contributed by atoms with E-state index in [1.54, 1.807) is 0 Å². The molecule has 2 aromatic carbocycles. The molecule has 0 radical (unpaired) electrons. The topological polar surface area (TPSA) is 15.3 Å². The Bertz CT molecular complexity index is 558. The first-order valence-corrected chi connectivity index (χ1v) is 7.17. The zero-order valence-corrected chi connectivity index (χ0v) is 12.4. The Hall–Kier alpha value is -2.10. The largest absolute Gasteiger partial charge is 0.381 e. The molecule has 0 saturated heterocycles. The van der Waals surface area contributed by atoms with Crippen LogP contribution in [-0.2, 0) is 6.54 Å². The van der Waals surface area contributed by atoms with Crippen molar-refractivity contribution in [2.24, 2.45) is 0 Å². The van der Waals surface area contributed by atoms with Gasteiger partial charge in [0.15, 0.2) is 0 Å². The molecule has 0 bridgehead atoms. The summed E-state index contributed by atoms with van der Waals surface area (Å²) in [7, 11) is 0. The summed E-state index contributed by atoms with van der Waals surface area (Å²) in [6.07, 6.45) is 0. The van der Waals surface area contributed by atoms with Gasteiger partial charge in [-0.05, 0) is 50.2 Å². The molecular formula is C17H20F2N2. The summed E-state index contributed by atoms with van der Waals surface area (Å²) in [5, 5.41) is 3.05. The normalized spacial score (nSPS) is 10.5. The van der Waals surface area contributed by atoms with Crippen LogP contribution in [0.1, 0.15) is 19.4 Å². The molecule has 0 aliphatic heterocycles. The van der Waals surface area contributed by atoms with Crippen molar-refractivity contribution >= 4 is 11.4 Å². The van der Waals surface area contributed by atoms with E-state index in [9.17, 15) is 8.78 Å². The quantitative estimate of drug-likeness (QED) is 0.847. The Labute approximate surface area is 124 Å². The van der Waals surface area contributed by atoms with Crippen LogP contribution in [0.4, 0.5) is 20.2 Å². The van der Waals surface area contributed by atoms with E-state index in [0.29, 0.717) is 0 Å². The van der Waals surface area contributed by atoms with Crippen LogP contribution in [0.5, 0.6) is 0 Å². The summed E-state index contributed by atoms with van der Waals surface area (Å²) >= 11 is 0. The zero-order chi connectivity index (χ0) is 15.2. The Kier molecular flexibility index (Phi) is 5.14. The monoisotopic (exact) mass is 290 g/mol. The fourth-order valence-corrected chi connectivity index (χ4v) is 2.27. The molecule has 2 aromatic rings. The molecule has 4 heteroatoms. The Morgan fingerprint density at radius 2 is 1.48 bits per heavy atom. The molecule has 0 aliphatic rings. The standard InChI is InChI=1S/C17H20F2N2/c1-3-21(4-2)14-10-8-13(9-11-14)20-12-15-16(18)6-5-7-17(15)19/h5-11,20H,3-4,12H2,1-2H3. The first kappa shape index (κ1) is 15.3. The molecule has 0 spiro atoms. The third kappa shape index (κ3) is 3.72. The Balaban J connectivity index is 2.04. The summed E-state index contributed by atoms with van der Waals surface area (Å²) in [5.74, 6) is -1.05. The van der Waals surface area contributed by atoms with Gasteiger partial charge in [-0.3, -0.25) is 0 Å². The van der Waals surface area contributed by atoms with Crippen LogP contribution in [0.25, 0.3) is 0 Å². The van der Waals surface area contributed by atoms with E-state index in [0.717, 1.165) is 24.5 Å². The second-order valence-corrected chi connectivity index (χ2v) is 4.77. The summed E-state index contributed by atoms with van der Waals surface area (Å²) in [6, 6.07) is 11.8. The highest BCUT2D eigenvalue weighted by Crippen LogP contribution is 2.19. The summed E-state index contributed by atoms with van der Waals surface area (Å²) in [4.78, 5) is 2.24. The van der Waals surface area contributed by atoms with Crippen molar-refractivity contribution in [3.8, 4) is 0 Å². The van der Waals surface area contributed by atoms with E-state index in [1.165, 1.54) is 18.2 Å². The van der Waals surface area contributed by atoms with Gasteiger partial charge in [-0.15, -0.1) is 0 Å². The SMILES string of the molecule is CCN(CC)c1ccc(NCc2c(F)cccc2F)cc1. The van der Waals surface area contributed by atoms with Crippen molar-refractivity contribution in [3.63, 3.8) is 0 Å². The van der Waals surface area contributed by atoms with E-state index >= 15 is 0 Å². The molecule has 1 N–H and O–H groups in total. The Morgan fingerprint density at radius 1 is 0.905 bits per heavy atom. The molecule has 0 heterocycles. The Morgan fingerprint density at radius 3 is 2.00 bits per heavy atom. The van der Waals surface area contributed by atoms with Gasteiger partial charge in [0.25, 0.3) is 0 Å². The second kappa shape index (κ2) is 7.07. The van der Waals surface area contributed by atoms with Crippen LogP contribution >= 0.6 is 0 Å². The number of hydrogen-bond donors (Lipinski definition) is 1. The van der Waals surface area contributed by atoms with Crippen LogP contribution in [0.15, 0.2) is 42.5 Å². The number of halogens is 2. The lowest BCUT2D eigenvalue weighted by molar-refractivity contribution is 0.560. The van der Waals surface area contributed by atoms with Gasteiger partial charge in [0.2, 0.25) is 0 Å². The molecular weight excluding hydrogens is 270 g/mol. The van der Waals surface area contributed by atoms with Gasteiger partial charge < -0.3 is 10.2 Å². The highest BCUT2D eigenvalue weighted by Gasteiger charge is 2.08. The molecule has 0 aliphatic carbocycles. The van der Waals surface area contributed by atoms with Gasteiger partial charge in [0.05, 0.1) is 0 Å². The minimum Gasteiger partial charge on any atom is -0.381 e. The molecule has 0 aromatic heterocycles. The number of anilines is 2.